The van der Waals surface area contributed by atoms with Crippen molar-refractivity contribution in [3.05, 3.63) is 58.4 Å². The van der Waals surface area contributed by atoms with Gasteiger partial charge >= 0.3 is 0 Å². The minimum Gasteiger partial charge on any atom is -0.484 e. The first-order chi connectivity index (χ1) is 11.0. The topological polar surface area (TPSA) is 55.4 Å². The Morgan fingerprint density at radius 1 is 1.30 bits per heavy atom. The van der Waals surface area contributed by atoms with E-state index in [0.717, 1.165) is 17.3 Å². The molecule has 0 aromatic heterocycles. The van der Waals surface area contributed by atoms with Gasteiger partial charge in [0.1, 0.15) is 11.6 Å². The molecule has 1 atom stereocenters. The predicted molar refractivity (Wildman–Crippen MR) is 84.7 cm³/mol. The standard InChI is InChI=1S/C17H13ClFNO3/c1-9-12-6-10(2-4-14(12)20-17(9)22)15(21)8-23-16-5-3-11(19)7-13(16)18/h2-7,9H,8H2,1H3,(H,20,22)/t9-/m1/s1. The maximum absolute atomic E-state index is 13.0. The van der Waals surface area contributed by atoms with Gasteiger partial charge in [-0.05, 0) is 48.9 Å². The number of nitrogens with one attached hydrogen (secondary N) is 1. The SMILES string of the molecule is C[C@H]1C(=O)Nc2ccc(C(=O)COc3ccc(F)cc3Cl)cc21. The lowest BCUT2D eigenvalue weighted by Gasteiger charge is -2.09. The number of ketones is 1. The first kappa shape index (κ1) is 15.5. The number of Topliss-reactive ketones (excluding diaryl/α,β-unsaturated/α-hetero) is 1. The highest BCUT2D eigenvalue weighted by Gasteiger charge is 2.27. The van der Waals surface area contributed by atoms with E-state index in [1.54, 1.807) is 25.1 Å². The van der Waals surface area contributed by atoms with E-state index in [9.17, 15) is 14.0 Å². The predicted octanol–water partition coefficient (Wildman–Crippen LogP) is 3.80. The Morgan fingerprint density at radius 2 is 2.09 bits per heavy atom. The molecule has 1 amide bonds. The number of hydrogen-bond acceptors (Lipinski definition) is 3. The van der Waals surface area contributed by atoms with Gasteiger partial charge in [-0.15, -0.1) is 0 Å². The van der Waals surface area contributed by atoms with E-state index in [1.165, 1.54) is 12.1 Å². The van der Waals surface area contributed by atoms with Crippen molar-refractivity contribution in [2.75, 3.05) is 11.9 Å². The van der Waals surface area contributed by atoms with Gasteiger partial charge in [0.15, 0.2) is 12.4 Å². The van der Waals surface area contributed by atoms with Crippen molar-refractivity contribution < 1.29 is 18.7 Å². The average molecular weight is 334 g/mol. The summed E-state index contributed by atoms with van der Waals surface area (Å²) in [6.45, 7) is 1.56. The lowest BCUT2D eigenvalue weighted by atomic mass is 9.99. The molecular formula is C17H13ClFNO3. The van der Waals surface area contributed by atoms with Crippen molar-refractivity contribution in [1.82, 2.24) is 0 Å². The zero-order chi connectivity index (χ0) is 16.6. The highest BCUT2D eigenvalue weighted by atomic mass is 35.5. The van der Waals surface area contributed by atoms with Crippen LogP contribution in [0.4, 0.5) is 10.1 Å². The number of amides is 1. The summed E-state index contributed by atoms with van der Waals surface area (Å²) in [5.41, 5.74) is 1.97. The van der Waals surface area contributed by atoms with E-state index in [-0.39, 0.29) is 35.0 Å². The van der Waals surface area contributed by atoms with Crippen LogP contribution < -0.4 is 10.1 Å². The number of anilines is 1. The Kier molecular flexibility index (Phi) is 4.05. The summed E-state index contributed by atoms with van der Waals surface area (Å²) >= 11 is 5.85. The summed E-state index contributed by atoms with van der Waals surface area (Å²) in [6.07, 6.45) is 0. The average Bonchev–Trinajstić information content (AvgIpc) is 2.80. The number of ether oxygens (including phenoxy) is 1. The molecule has 1 heterocycles. The molecule has 2 aromatic rings. The van der Waals surface area contributed by atoms with Crippen LogP contribution in [0.15, 0.2) is 36.4 Å². The summed E-state index contributed by atoms with van der Waals surface area (Å²) < 4.78 is 18.3. The third kappa shape index (κ3) is 3.05. The lowest BCUT2D eigenvalue weighted by Crippen LogP contribution is -2.12. The first-order valence-corrected chi connectivity index (χ1v) is 7.39. The van der Waals surface area contributed by atoms with Crippen molar-refractivity contribution in [3.8, 4) is 5.75 Å². The number of carbonyl (C=O) groups is 2. The summed E-state index contributed by atoms with van der Waals surface area (Å²) in [6, 6.07) is 8.73. The molecule has 3 rings (SSSR count). The molecular weight excluding hydrogens is 321 g/mol. The van der Waals surface area contributed by atoms with Crippen molar-refractivity contribution in [2.24, 2.45) is 0 Å². The van der Waals surface area contributed by atoms with Gasteiger partial charge in [0.05, 0.1) is 10.9 Å². The molecule has 0 saturated heterocycles. The molecule has 23 heavy (non-hydrogen) atoms. The maximum atomic E-state index is 13.0. The van der Waals surface area contributed by atoms with Crippen LogP contribution >= 0.6 is 11.6 Å². The largest absolute Gasteiger partial charge is 0.484 e. The Labute approximate surface area is 137 Å². The van der Waals surface area contributed by atoms with Gasteiger partial charge in [-0.25, -0.2) is 4.39 Å². The molecule has 0 fully saturated rings. The van der Waals surface area contributed by atoms with Crippen LogP contribution in [0.5, 0.6) is 5.75 Å². The van der Waals surface area contributed by atoms with Crippen LogP contribution in [0, 0.1) is 5.82 Å². The normalized spacial score (nSPS) is 16.0. The van der Waals surface area contributed by atoms with Crippen LogP contribution in [0.25, 0.3) is 0 Å². The van der Waals surface area contributed by atoms with Gasteiger partial charge in [0.25, 0.3) is 0 Å². The van der Waals surface area contributed by atoms with Gasteiger partial charge in [-0.3, -0.25) is 9.59 Å². The molecule has 6 heteroatoms. The first-order valence-electron chi connectivity index (χ1n) is 7.01. The maximum Gasteiger partial charge on any atom is 0.231 e. The van der Waals surface area contributed by atoms with E-state index in [0.29, 0.717) is 5.56 Å². The van der Waals surface area contributed by atoms with Gasteiger partial charge in [-0.1, -0.05) is 11.6 Å². The molecule has 0 unspecified atom stereocenters. The van der Waals surface area contributed by atoms with Crippen molar-refractivity contribution >= 4 is 29.0 Å². The van der Waals surface area contributed by atoms with Crippen molar-refractivity contribution in [2.45, 2.75) is 12.8 Å². The fourth-order valence-electron chi connectivity index (χ4n) is 2.41. The number of fused-ring (bicyclic) bond motifs is 1. The molecule has 0 bridgehead atoms. The minimum atomic E-state index is -0.474. The van der Waals surface area contributed by atoms with Crippen LogP contribution in [0.1, 0.15) is 28.8 Å². The molecule has 0 aliphatic carbocycles. The quantitative estimate of drug-likeness (QED) is 0.866. The molecule has 0 radical (unpaired) electrons. The Morgan fingerprint density at radius 3 is 2.83 bits per heavy atom. The van der Waals surface area contributed by atoms with Gasteiger partial charge in [0.2, 0.25) is 5.91 Å². The third-order valence-corrected chi connectivity index (χ3v) is 4.04. The lowest BCUT2D eigenvalue weighted by molar-refractivity contribution is -0.116. The van der Waals surface area contributed by atoms with E-state index < -0.39 is 5.82 Å². The van der Waals surface area contributed by atoms with Crippen LogP contribution in [0.2, 0.25) is 5.02 Å². The molecule has 1 aliphatic heterocycles. The third-order valence-electron chi connectivity index (χ3n) is 3.74. The molecule has 0 saturated carbocycles. The summed E-state index contributed by atoms with van der Waals surface area (Å²) in [4.78, 5) is 23.9. The smallest absolute Gasteiger partial charge is 0.231 e. The van der Waals surface area contributed by atoms with E-state index >= 15 is 0 Å². The van der Waals surface area contributed by atoms with Gasteiger partial charge in [0, 0.05) is 11.3 Å². The fraction of sp³-hybridized carbons (Fsp3) is 0.176. The number of rotatable bonds is 4. The molecule has 118 valence electrons. The van der Waals surface area contributed by atoms with Crippen LogP contribution in [-0.4, -0.2) is 18.3 Å². The van der Waals surface area contributed by atoms with Crippen molar-refractivity contribution in [1.29, 1.82) is 0 Å². The Hall–Kier alpha value is -2.40. The second-order valence-corrected chi connectivity index (χ2v) is 5.71. The van der Waals surface area contributed by atoms with Crippen LogP contribution in [-0.2, 0) is 4.79 Å². The molecule has 1 N–H and O–H groups in total. The number of carbonyl (C=O) groups excluding carboxylic acids is 2. The number of halogens is 2. The number of hydrogen-bond donors (Lipinski definition) is 1. The minimum absolute atomic E-state index is 0.0843. The Balaban J connectivity index is 1.73. The fourth-order valence-corrected chi connectivity index (χ4v) is 2.63. The van der Waals surface area contributed by atoms with E-state index in [2.05, 4.69) is 5.32 Å². The Bertz CT molecular complexity index is 806. The van der Waals surface area contributed by atoms with E-state index in [1.807, 2.05) is 0 Å². The van der Waals surface area contributed by atoms with E-state index in [4.69, 9.17) is 16.3 Å². The second-order valence-electron chi connectivity index (χ2n) is 5.30. The summed E-state index contributed by atoms with van der Waals surface area (Å²) in [5.74, 6) is -0.852. The monoisotopic (exact) mass is 333 g/mol. The second kappa shape index (κ2) is 6.01. The van der Waals surface area contributed by atoms with Gasteiger partial charge < -0.3 is 10.1 Å². The zero-order valence-electron chi connectivity index (χ0n) is 12.2. The summed E-state index contributed by atoms with van der Waals surface area (Å²) in [7, 11) is 0. The summed E-state index contributed by atoms with van der Waals surface area (Å²) in [5, 5.41) is 2.86. The zero-order valence-corrected chi connectivity index (χ0v) is 13.0. The highest BCUT2D eigenvalue weighted by molar-refractivity contribution is 6.32. The van der Waals surface area contributed by atoms with Crippen LogP contribution in [0.3, 0.4) is 0 Å². The molecule has 0 spiro atoms. The van der Waals surface area contributed by atoms with Crippen molar-refractivity contribution in [3.63, 3.8) is 0 Å². The molecule has 2 aromatic carbocycles. The molecule has 4 nitrogen and oxygen atoms in total. The van der Waals surface area contributed by atoms with Gasteiger partial charge in [-0.2, -0.15) is 0 Å². The highest BCUT2D eigenvalue weighted by Crippen LogP contribution is 2.33. The number of benzene rings is 2. The molecule has 1 aliphatic rings.